The van der Waals surface area contributed by atoms with E-state index in [4.69, 9.17) is 4.74 Å². The Morgan fingerprint density at radius 3 is 2.50 bits per heavy atom. The second-order valence-electron chi connectivity index (χ2n) is 5.40. The number of carbonyl (C=O) groups is 1. The third-order valence-corrected chi connectivity index (χ3v) is 3.51. The van der Waals surface area contributed by atoms with Crippen LogP contribution in [0.4, 0.5) is 5.69 Å². The van der Waals surface area contributed by atoms with Crippen molar-refractivity contribution in [3.63, 3.8) is 0 Å². The van der Waals surface area contributed by atoms with Crippen molar-refractivity contribution < 1.29 is 9.53 Å². The maximum atomic E-state index is 11.9. The summed E-state index contributed by atoms with van der Waals surface area (Å²) in [5, 5.41) is 2.85. The molecule has 0 spiro atoms. The number of hydrogen-bond acceptors (Lipinski definition) is 2. The molecule has 0 saturated heterocycles. The highest BCUT2D eigenvalue weighted by atomic mass is 16.5. The molecule has 1 amide bonds. The Morgan fingerprint density at radius 2 is 1.82 bits per heavy atom. The summed E-state index contributed by atoms with van der Waals surface area (Å²) in [6, 6.07) is 15.7. The number of unbranched alkanes of at least 4 members (excludes halogenated alkanes) is 1. The predicted molar refractivity (Wildman–Crippen MR) is 90.4 cm³/mol. The molecule has 3 heteroatoms. The molecule has 0 fully saturated rings. The lowest BCUT2D eigenvalue weighted by atomic mass is 10.1. The van der Waals surface area contributed by atoms with Crippen molar-refractivity contribution in [2.75, 3.05) is 11.9 Å². The number of aryl methyl sites for hydroxylation is 2. The molecule has 0 aliphatic heterocycles. The molecule has 0 heterocycles. The van der Waals surface area contributed by atoms with Gasteiger partial charge >= 0.3 is 0 Å². The minimum absolute atomic E-state index is 0.0163. The molecular formula is C19H23NO2. The van der Waals surface area contributed by atoms with E-state index in [9.17, 15) is 4.79 Å². The maximum absolute atomic E-state index is 11.9. The molecule has 0 bridgehead atoms. The van der Waals surface area contributed by atoms with Crippen LogP contribution in [0, 0.1) is 6.92 Å². The Hall–Kier alpha value is -2.29. The summed E-state index contributed by atoms with van der Waals surface area (Å²) >= 11 is 0. The molecule has 2 rings (SSSR count). The van der Waals surface area contributed by atoms with Gasteiger partial charge in [0.2, 0.25) is 0 Å². The molecule has 2 aromatic carbocycles. The summed E-state index contributed by atoms with van der Waals surface area (Å²) in [4.78, 5) is 11.9. The molecular weight excluding hydrogens is 274 g/mol. The zero-order valence-corrected chi connectivity index (χ0v) is 13.3. The van der Waals surface area contributed by atoms with Gasteiger partial charge in [-0.2, -0.15) is 0 Å². The number of nitrogens with one attached hydrogen (secondary N) is 1. The van der Waals surface area contributed by atoms with E-state index in [1.54, 1.807) is 0 Å². The largest absolute Gasteiger partial charge is 0.483 e. The van der Waals surface area contributed by atoms with Gasteiger partial charge in [0.15, 0.2) is 6.61 Å². The number of anilines is 1. The first-order chi connectivity index (χ1) is 10.7. The van der Waals surface area contributed by atoms with E-state index in [0.717, 1.165) is 23.4 Å². The van der Waals surface area contributed by atoms with Crippen molar-refractivity contribution in [3.8, 4) is 5.75 Å². The third kappa shape index (κ3) is 4.92. The highest BCUT2D eigenvalue weighted by molar-refractivity contribution is 5.91. The molecule has 0 aliphatic rings. The minimum Gasteiger partial charge on any atom is -0.483 e. The van der Waals surface area contributed by atoms with Crippen LogP contribution < -0.4 is 10.1 Å². The zero-order chi connectivity index (χ0) is 15.8. The van der Waals surface area contributed by atoms with Crippen molar-refractivity contribution in [1.29, 1.82) is 0 Å². The molecule has 2 aromatic rings. The van der Waals surface area contributed by atoms with Crippen LogP contribution >= 0.6 is 0 Å². The number of para-hydroxylation sites is 1. The smallest absolute Gasteiger partial charge is 0.262 e. The van der Waals surface area contributed by atoms with E-state index < -0.39 is 0 Å². The zero-order valence-electron chi connectivity index (χ0n) is 13.3. The Morgan fingerprint density at radius 1 is 1.09 bits per heavy atom. The first-order valence-corrected chi connectivity index (χ1v) is 7.76. The summed E-state index contributed by atoms with van der Waals surface area (Å²) in [7, 11) is 0. The lowest BCUT2D eigenvalue weighted by Gasteiger charge is -2.09. The highest BCUT2D eigenvalue weighted by Gasteiger charge is 2.05. The third-order valence-electron chi connectivity index (χ3n) is 3.51. The lowest BCUT2D eigenvalue weighted by Crippen LogP contribution is -2.20. The summed E-state index contributed by atoms with van der Waals surface area (Å²) in [5.41, 5.74) is 3.13. The van der Waals surface area contributed by atoms with Crippen molar-refractivity contribution in [2.45, 2.75) is 33.1 Å². The van der Waals surface area contributed by atoms with Gasteiger partial charge in [-0.05, 0) is 49.1 Å². The van der Waals surface area contributed by atoms with E-state index in [0.29, 0.717) is 0 Å². The molecule has 1 N–H and O–H groups in total. The van der Waals surface area contributed by atoms with E-state index in [1.165, 1.54) is 18.4 Å². The molecule has 0 unspecified atom stereocenters. The summed E-state index contributed by atoms with van der Waals surface area (Å²) in [6.45, 7) is 4.16. The van der Waals surface area contributed by atoms with Gasteiger partial charge in [0.05, 0.1) is 0 Å². The maximum Gasteiger partial charge on any atom is 0.262 e. The van der Waals surface area contributed by atoms with Gasteiger partial charge < -0.3 is 10.1 Å². The Kier molecular flexibility index (Phi) is 6.01. The minimum atomic E-state index is -0.149. The fraction of sp³-hybridized carbons (Fsp3) is 0.316. The summed E-state index contributed by atoms with van der Waals surface area (Å²) in [6.07, 6.45) is 3.46. The number of hydrogen-bond donors (Lipinski definition) is 1. The van der Waals surface area contributed by atoms with Crippen LogP contribution in [0.15, 0.2) is 48.5 Å². The average Bonchev–Trinajstić information content (AvgIpc) is 2.53. The first-order valence-electron chi connectivity index (χ1n) is 7.76. The monoisotopic (exact) mass is 297 g/mol. The van der Waals surface area contributed by atoms with Gasteiger partial charge in [-0.1, -0.05) is 43.7 Å². The second-order valence-corrected chi connectivity index (χ2v) is 5.40. The average molecular weight is 297 g/mol. The van der Waals surface area contributed by atoms with Crippen molar-refractivity contribution in [1.82, 2.24) is 0 Å². The quantitative estimate of drug-likeness (QED) is 0.825. The van der Waals surface area contributed by atoms with E-state index >= 15 is 0 Å². The van der Waals surface area contributed by atoms with Crippen LogP contribution in [0.3, 0.4) is 0 Å². The van der Waals surface area contributed by atoms with Gasteiger partial charge in [0.25, 0.3) is 5.91 Å². The van der Waals surface area contributed by atoms with Crippen LogP contribution in [-0.2, 0) is 11.2 Å². The fourth-order valence-corrected chi connectivity index (χ4v) is 2.19. The summed E-state index contributed by atoms with van der Waals surface area (Å²) in [5.74, 6) is 0.595. The highest BCUT2D eigenvalue weighted by Crippen LogP contribution is 2.16. The number of carbonyl (C=O) groups excluding carboxylic acids is 1. The molecule has 3 nitrogen and oxygen atoms in total. The topological polar surface area (TPSA) is 38.3 Å². The predicted octanol–water partition coefficient (Wildman–Crippen LogP) is 4.36. The summed E-state index contributed by atoms with van der Waals surface area (Å²) < 4.78 is 5.54. The van der Waals surface area contributed by atoms with E-state index in [2.05, 4.69) is 24.4 Å². The van der Waals surface area contributed by atoms with Crippen molar-refractivity contribution >= 4 is 11.6 Å². The standard InChI is InChI=1S/C19H23NO2/c1-3-4-8-16-10-12-17(13-11-16)20-19(21)14-22-18-9-6-5-7-15(18)2/h5-7,9-13H,3-4,8,14H2,1-2H3,(H,20,21). The molecule has 0 saturated carbocycles. The van der Waals surface area contributed by atoms with Gasteiger partial charge in [0.1, 0.15) is 5.75 Å². The van der Waals surface area contributed by atoms with Crippen LogP contribution in [0.2, 0.25) is 0 Å². The molecule has 116 valence electrons. The van der Waals surface area contributed by atoms with Crippen LogP contribution in [0.5, 0.6) is 5.75 Å². The van der Waals surface area contributed by atoms with Crippen molar-refractivity contribution in [2.24, 2.45) is 0 Å². The molecule has 0 radical (unpaired) electrons. The van der Waals surface area contributed by atoms with Gasteiger partial charge in [0, 0.05) is 5.69 Å². The molecule has 0 aliphatic carbocycles. The Bertz CT molecular complexity index is 605. The molecule has 0 aromatic heterocycles. The number of benzene rings is 2. The van der Waals surface area contributed by atoms with E-state index in [-0.39, 0.29) is 12.5 Å². The van der Waals surface area contributed by atoms with Gasteiger partial charge in [-0.25, -0.2) is 0 Å². The number of amides is 1. The Labute approximate surface area is 132 Å². The Balaban J connectivity index is 1.83. The van der Waals surface area contributed by atoms with E-state index in [1.807, 2.05) is 43.3 Å². The number of ether oxygens (including phenoxy) is 1. The van der Waals surface area contributed by atoms with Crippen LogP contribution in [0.25, 0.3) is 0 Å². The van der Waals surface area contributed by atoms with Crippen LogP contribution in [0.1, 0.15) is 30.9 Å². The lowest BCUT2D eigenvalue weighted by molar-refractivity contribution is -0.118. The second kappa shape index (κ2) is 8.23. The SMILES string of the molecule is CCCCc1ccc(NC(=O)COc2ccccc2C)cc1. The first kappa shape index (κ1) is 16.1. The number of rotatable bonds is 7. The van der Waals surface area contributed by atoms with Gasteiger partial charge in [-0.3, -0.25) is 4.79 Å². The molecule has 0 atom stereocenters. The normalized spacial score (nSPS) is 10.3. The fourth-order valence-electron chi connectivity index (χ4n) is 2.19. The van der Waals surface area contributed by atoms with Gasteiger partial charge in [-0.15, -0.1) is 0 Å². The van der Waals surface area contributed by atoms with Crippen LogP contribution in [-0.4, -0.2) is 12.5 Å². The molecule has 22 heavy (non-hydrogen) atoms. The van der Waals surface area contributed by atoms with Crippen molar-refractivity contribution in [3.05, 3.63) is 59.7 Å².